The number of hydrogen-bond acceptors (Lipinski definition) is 4. The molecule has 0 spiro atoms. The molecule has 0 aliphatic carbocycles. The summed E-state index contributed by atoms with van der Waals surface area (Å²) in [6, 6.07) is 4.69. The van der Waals surface area contributed by atoms with E-state index in [0.717, 1.165) is 42.5 Å². The van der Waals surface area contributed by atoms with E-state index >= 15 is 0 Å². The summed E-state index contributed by atoms with van der Waals surface area (Å²) in [7, 11) is 0. The Labute approximate surface area is 143 Å². The number of nitrogens with one attached hydrogen (secondary N) is 1. The highest BCUT2D eigenvalue weighted by molar-refractivity contribution is 5.82. The quantitative estimate of drug-likeness (QED) is 0.700. The van der Waals surface area contributed by atoms with Crippen LogP contribution in [-0.4, -0.2) is 35.2 Å². The van der Waals surface area contributed by atoms with Gasteiger partial charge in [-0.2, -0.15) is 0 Å². The van der Waals surface area contributed by atoms with Gasteiger partial charge >= 0.3 is 0 Å². The monoisotopic (exact) mass is 329 g/mol. The predicted octanol–water partition coefficient (Wildman–Crippen LogP) is 2.37. The van der Waals surface area contributed by atoms with Gasteiger partial charge in [-0.05, 0) is 54.5 Å². The molecule has 0 unspecified atom stereocenters. The third-order valence-corrected chi connectivity index (χ3v) is 4.10. The van der Waals surface area contributed by atoms with Gasteiger partial charge in [0.1, 0.15) is 5.75 Å². The molecular weight excluding hydrogens is 302 g/mol. The molecule has 1 heterocycles. The smallest absolute Gasteiger partial charge is 0.253 e. The van der Waals surface area contributed by atoms with Crippen molar-refractivity contribution < 1.29 is 9.90 Å². The van der Waals surface area contributed by atoms with E-state index in [1.54, 1.807) is 23.2 Å². The standard InChI is InChI=1S/C19H27N3O2/c1-3-7-15(4-2)16-10-14(11-17(23)13-16)12-18(20)19(24)22-9-6-5-8-21-22/h4,7,10-11,13,18,21,23H,2-3,5-6,8-9,12,20H2,1H3/b15-7+/t18-/m0/s1. The minimum absolute atomic E-state index is 0.104. The molecule has 1 aliphatic rings. The summed E-state index contributed by atoms with van der Waals surface area (Å²) in [5, 5.41) is 11.6. The number of carbonyl (C=O) groups is 1. The van der Waals surface area contributed by atoms with Gasteiger partial charge in [0.15, 0.2) is 0 Å². The normalized spacial score (nSPS) is 16.8. The number of amides is 1. The molecule has 1 aliphatic heterocycles. The van der Waals surface area contributed by atoms with Crippen LogP contribution in [-0.2, 0) is 11.2 Å². The van der Waals surface area contributed by atoms with E-state index < -0.39 is 6.04 Å². The van der Waals surface area contributed by atoms with Crippen LogP contribution in [0.1, 0.15) is 37.3 Å². The SMILES string of the molecule is C=C/C(=C\CC)c1cc(O)cc(C[C@H](N)C(=O)N2CCCCN2)c1. The molecular formula is C19H27N3O2. The number of nitrogens with zero attached hydrogens (tertiary/aromatic N) is 1. The third kappa shape index (κ3) is 4.69. The number of aromatic hydroxyl groups is 1. The molecule has 24 heavy (non-hydrogen) atoms. The van der Waals surface area contributed by atoms with Gasteiger partial charge in [0.05, 0.1) is 6.04 Å². The first-order valence-electron chi connectivity index (χ1n) is 8.51. The molecule has 1 fully saturated rings. The minimum atomic E-state index is -0.632. The number of hydrazine groups is 1. The summed E-state index contributed by atoms with van der Waals surface area (Å²) in [4.78, 5) is 12.4. The molecule has 0 bridgehead atoms. The Bertz CT molecular complexity index is 619. The van der Waals surface area contributed by atoms with E-state index in [4.69, 9.17) is 5.73 Å². The molecule has 5 nitrogen and oxygen atoms in total. The van der Waals surface area contributed by atoms with Crippen molar-refractivity contribution in [1.82, 2.24) is 10.4 Å². The maximum absolute atomic E-state index is 12.4. The summed E-state index contributed by atoms with van der Waals surface area (Å²) in [5.41, 5.74) is 11.9. The fourth-order valence-electron chi connectivity index (χ4n) is 2.91. The molecule has 1 aromatic rings. The van der Waals surface area contributed by atoms with E-state index in [1.807, 2.05) is 19.1 Å². The molecule has 1 aromatic carbocycles. The number of carbonyl (C=O) groups excluding carboxylic acids is 1. The second-order valence-corrected chi connectivity index (χ2v) is 6.08. The molecule has 5 heteroatoms. The Morgan fingerprint density at radius 3 is 2.88 bits per heavy atom. The Morgan fingerprint density at radius 2 is 2.25 bits per heavy atom. The first kappa shape index (κ1) is 18.2. The van der Waals surface area contributed by atoms with Crippen LogP contribution in [0.5, 0.6) is 5.75 Å². The number of allylic oxidation sites excluding steroid dienone is 3. The Kier molecular flexibility index (Phi) is 6.58. The molecule has 0 saturated carbocycles. The number of benzene rings is 1. The van der Waals surface area contributed by atoms with Crippen molar-refractivity contribution in [3.05, 3.63) is 48.1 Å². The lowest BCUT2D eigenvalue weighted by Crippen LogP contribution is -2.53. The van der Waals surface area contributed by atoms with Crippen molar-refractivity contribution in [1.29, 1.82) is 0 Å². The molecule has 0 radical (unpaired) electrons. The average molecular weight is 329 g/mol. The third-order valence-electron chi connectivity index (χ3n) is 4.10. The van der Waals surface area contributed by atoms with Crippen LogP contribution in [0.2, 0.25) is 0 Å². The van der Waals surface area contributed by atoms with Crippen LogP contribution in [0.15, 0.2) is 36.9 Å². The van der Waals surface area contributed by atoms with E-state index in [-0.39, 0.29) is 11.7 Å². The van der Waals surface area contributed by atoms with Gasteiger partial charge in [0, 0.05) is 13.1 Å². The molecule has 0 aromatic heterocycles. The van der Waals surface area contributed by atoms with Crippen LogP contribution in [0.25, 0.3) is 5.57 Å². The van der Waals surface area contributed by atoms with Crippen LogP contribution in [0.3, 0.4) is 0 Å². The van der Waals surface area contributed by atoms with Crippen LogP contribution >= 0.6 is 0 Å². The van der Waals surface area contributed by atoms with Crippen molar-refractivity contribution in [3.8, 4) is 5.75 Å². The summed E-state index contributed by atoms with van der Waals surface area (Å²) < 4.78 is 0. The number of phenols is 1. The fraction of sp³-hybridized carbons (Fsp3) is 0.421. The highest BCUT2D eigenvalue weighted by Crippen LogP contribution is 2.24. The Balaban J connectivity index is 2.13. The van der Waals surface area contributed by atoms with Crippen LogP contribution in [0, 0.1) is 0 Å². The van der Waals surface area contributed by atoms with Gasteiger partial charge in [-0.25, -0.2) is 5.43 Å². The highest BCUT2D eigenvalue weighted by atomic mass is 16.3. The maximum Gasteiger partial charge on any atom is 0.253 e. The maximum atomic E-state index is 12.4. The lowest BCUT2D eigenvalue weighted by molar-refractivity contribution is -0.136. The van der Waals surface area contributed by atoms with E-state index in [9.17, 15) is 9.90 Å². The Hall–Kier alpha value is -2.11. The Morgan fingerprint density at radius 1 is 1.46 bits per heavy atom. The molecule has 1 saturated heterocycles. The summed E-state index contributed by atoms with van der Waals surface area (Å²) in [6.45, 7) is 7.37. The zero-order valence-electron chi connectivity index (χ0n) is 14.3. The van der Waals surface area contributed by atoms with Gasteiger partial charge in [-0.3, -0.25) is 9.80 Å². The first-order valence-corrected chi connectivity index (χ1v) is 8.51. The second-order valence-electron chi connectivity index (χ2n) is 6.08. The van der Waals surface area contributed by atoms with Gasteiger partial charge < -0.3 is 10.8 Å². The van der Waals surface area contributed by atoms with E-state index in [1.165, 1.54) is 0 Å². The fourth-order valence-corrected chi connectivity index (χ4v) is 2.91. The zero-order chi connectivity index (χ0) is 17.5. The lowest BCUT2D eigenvalue weighted by atomic mass is 9.98. The van der Waals surface area contributed by atoms with Crippen molar-refractivity contribution >= 4 is 11.5 Å². The molecule has 4 N–H and O–H groups in total. The van der Waals surface area contributed by atoms with Crippen molar-refractivity contribution in [2.75, 3.05) is 13.1 Å². The first-order chi connectivity index (χ1) is 11.5. The van der Waals surface area contributed by atoms with Crippen molar-refractivity contribution in [2.45, 2.75) is 38.6 Å². The van der Waals surface area contributed by atoms with E-state index in [0.29, 0.717) is 13.0 Å². The van der Waals surface area contributed by atoms with Gasteiger partial charge in [0.2, 0.25) is 0 Å². The summed E-state index contributed by atoms with van der Waals surface area (Å²) >= 11 is 0. The highest BCUT2D eigenvalue weighted by Gasteiger charge is 2.23. The predicted molar refractivity (Wildman–Crippen MR) is 97.2 cm³/mol. The lowest BCUT2D eigenvalue weighted by Gasteiger charge is -2.29. The summed E-state index contributed by atoms with van der Waals surface area (Å²) in [5.74, 6) is 0.0646. The molecule has 130 valence electrons. The van der Waals surface area contributed by atoms with Gasteiger partial charge in [-0.15, -0.1) is 0 Å². The largest absolute Gasteiger partial charge is 0.508 e. The topological polar surface area (TPSA) is 78.6 Å². The van der Waals surface area contributed by atoms with Gasteiger partial charge in [0.25, 0.3) is 5.91 Å². The van der Waals surface area contributed by atoms with Gasteiger partial charge in [-0.1, -0.05) is 31.7 Å². The minimum Gasteiger partial charge on any atom is -0.508 e. The average Bonchev–Trinajstić information content (AvgIpc) is 2.59. The number of rotatable bonds is 6. The second kappa shape index (κ2) is 8.66. The zero-order valence-corrected chi connectivity index (χ0v) is 14.3. The number of nitrogens with two attached hydrogens (primary N) is 1. The number of hydrogen-bond donors (Lipinski definition) is 3. The summed E-state index contributed by atoms with van der Waals surface area (Å²) in [6.07, 6.45) is 7.15. The molecule has 1 atom stereocenters. The van der Waals surface area contributed by atoms with E-state index in [2.05, 4.69) is 12.0 Å². The number of phenolic OH excluding ortho intramolecular Hbond substituents is 1. The van der Waals surface area contributed by atoms with Crippen molar-refractivity contribution in [3.63, 3.8) is 0 Å². The van der Waals surface area contributed by atoms with Crippen LogP contribution in [0.4, 0.5) is 0 Å². The molecule has 1 amide bonds. The van der Waals surface area contributed by atoms with Crippen LogP contribution < -0.4 is 11.2 Å². The molecule has 2 rings (SSSR count). The van der Waals surface area contributed by atoms with Crippen molar-refractivity contribution in [2.24, 2.45) is 5.73 Å².